The first-order chi connectivity index (χ1) is 11.7. The zero-order valence-electron chi connectivity index (χ0n) is 13.2. The standard InChI is InChI=1S/C17H19N3O3S/c21-16(19-9-14-5-2-6-23-14)13-4-1-3-12(7-13)8-18-17(22)15-10-24-11-20-15/h1,3-4,7,10-11,14H,2,5-6,8-9H2,(H,18,22)(H,19,21). The molecule has 0 saturated carbocycles. The van der Waals surface area contributed by atoms with E-state index in [2.05, 4.69) is 15.6 Å². The summed E-state index contributed by atoms with van der Waals surface area (Å²) in [5, 5.41) is 7.39. The summed E-state index contributed by atoms with van der Waals surface area (Å²) in [5.41, 5.74) is 3.47. The first-order valence-electron chi connectivity index (χ1n) is 7.87. The van der Waals surface area contributed by atoms with Crippen LogP contribution < -0.4 is 10.6 Å². The molecule has 0 spiro atoms. The van der Waals surface area contributed by atoms with E-state index in [-0.39, 0.29) is 17.9 Å². The summed E-state index contributed by atoms with van der Waals surface area (Å²) in [6.07, 6.45) is 2.16. The van der Waals surface area contributed by atoms with Crippen LogP contribution in [0.15, 0.2) is 35.2 Å². The molecule has 1 fully saturated rings. The largest absolute Gasteiger partial charge is 0.376 e. The number of thiazole rings is 1. The van der Waals surface area contributed by atoms with Gasteiger partial charge in [0.25, 0.3) is 11.8 Å². The lowest BCUT2D eigenvalue weighted by Crippen LogP contribution is -2.31. The third-order valence-corrected chi connectivity index (χ3v) is 4.41. The van der Waals surface area contributed by atoms with Crippen molar-refractivity contribution in [3.8, 4) is 0 Å². The second kappa shape index (κ2) is 8.03. The van der Waals surface area contributed by atoms with Gasteiger partial charge in [0.05, 0.1) is 11.6 Å². The van der Waals surface area contributed by atoms with E-state index in [1.54, 1.807) is 23.0 Å². The average Bonchev–Trinajstić information content (AvgIpc) is 3.31. The fourth-order valence-corrected chi connectivity index (χ4v) is 3.07. The van der Waals surface area contributed by atoms with E-state index in [4.69, 9.17) is 4.74 Å². The third kappa shape index (κ3) is 4.39. The van der Waals surface area contributed by atoms with E-state index in [0.717, 1.165) is 25.0 Å². The number of nitrogens with one attached hydrogen (secondary N) is 2. The predicted octanol–water partition coefficient (Wildman–Crippen LogP) is 1.98. The minimum Gasteiger partial charge on any atom is -0.376 e. The highest BCUT2D eigenvalue weighted by Gasteiger charge is 2.16. The highest BCUT2D eigenvalue weighted by Crippen LogP contribution is 2.11. The summed E-state index contributed by atoms with van der Waals surface area (Å²) < 4.78 is 5.50. The highest BCUT2D eigenvalue weighted by molar-refractivity contribution is 7.07. The number of carbonyl (C=O) groups excluding carboxylic acids is 2. The number of hydrogen-bond donors (Lipinski definition) is 2. The molecule has 1 aliphatic heterocycles. The molecule has 3 rings (SSSR count). The number of aromatic nitrogens is 1. The Morgan fingerprint density at radius 3 is 2.96 bits per heavy atom. The van der Waals surface area contributed by atoms with Gasteiger partial charge in [-0.3, -0.25) is 9.59 Å². The number of nitrogens with zero attached hydrogens (tertiary/aromatic N) is 1. The molecule has 0 radical (unpaired) electrons. The lowest BCUT2D eigenvalue weighted by Gasteiger charge is -2.11. The molecule has 6 nitrogen and oxygen atoms in total. The first kappa shape index (κ1) is 16.6. The van der Waals surface area contributed by atoms with Crippen LogP contribution in [0.1, 0.15) is 39.3 Å². The molecule has 0 aliphatic carbocycles. The van der Waals surface area contributed by atoms with Crippen molar-refractivity contribution < 1.29 is 14.3 Å². The molecule has 2 heterocycles. The molecule has 126 valence electrons. The molecule has 1 aliphatic rings. The van der Waals surface area contributed by atoms with E-state index in [1.165, 1.54) is 11.3 Å². The van der Waals surface area contributed by atoms with Crippen molar-refractivity contribution in [2.75, 3.05) is 13.2 Å². The van der Waals surface area contributed by atoms with Gasteiger partial charge in [0.1, 0.15) is 5.69 Å². The van der Waals surface area contributed by atoms with Gasteiger partial charge >= 0.3 is 0 Å². The summed E-state index contributed by atoms with van der Waals surface area (Å²) in [6, 6.07) is 7.23. The van der Waals surface area contributed by atoms with Crippen molar-refractivity contribution in [1.29, 1.82) is 0 Å². The zero-order valence-corrected chi connectivity index (χ0v) is 14.0. The molecule has 0 bridgehead atoms. The Kier molecular flexibility index (Phi) is 5.55. The Balaban J connectivity index is 1.53. The van der Waals surface area contributed by atoms with E-state index in [0.29, 0.717) is 24.3 Å². The fourth-order valence-electron chi connectivity index (χ4n) is 2.53. The van der Waals surface area contributed by atoms with Crippen LogP contribution in [0.25, 0.3) is 0 Å². The van der Waals surface area contributed by atoms with Crippen LogP contribution in [0.3, 0.4) is 0 Å². The molecule has 2 N–H and O–H groups in total. The molecule has 1 saturated heterocycles. The van der Waals surface area contributed by atoms with Crippen molar-refractivity contribution in [1.82, 2.24) is 15.6 Å². The van der Waals surface area contributed by atoms with Gasteiger partial charge < -0.3 is 15.4 Å². The highest BCUT2D eigenvalue weighted by atomic mass is 32.1. The Morgan fingerprint density at radius 1 is 1.29 bits per heavy atom. The van der Waals surface area contributed by atoms with Crippen molar-refractivity contribution >= 4 is 23.2 Å². The molecular formula is C17H19N3O3S. The van der Waals surface area contributed by atoms with E-state index < -0.39 is 0 Å². The monoisotopic (exact) mass is 345 g/mol. The molecular weight excluding hydrogens is 326 g/mol. The predicted molar refractivity (Wildman–Crippen MR) is 91.0 cm³/mol. The van der Waals surface area contributed by atoms with Crippen molar-refractivity contribution in [3.63, 3.8) is 0 Å². The normalized spacial score (nSPS) is 16.8. The molecule has 1 aromatic heterocycles. The summed E-state index contributed by atoms with van der Waals surface area (Å²) >= 11 is 1.38. The Hall–Kier alpha value is -2.25. The number of amides is 2. The molecule has 1 aromatic carbocycles. The number of ether oxygens (including phenoxy) is 1. The average molecular weight is 345 g/mol. The van der Waals surface area contributed by atoms with Gasteiger partial charge in [-0.2, -0.15) is 0 Å². The maximum atomic E-state index is 12.2. The van der Waals surface area contributed by atoms with Gasteiger partial charge in [0.2, 0.25) is 0 Å². The minimum atomic E-state index is -0.218. The lowest BCUT2D eigenvalue weighted by molar-refractivity contribution is 0.0857. The molecule has 24 heavy (non-hydrogen) atoms. The smallest absolute Gasteiger partial charge is 0.271 e. The van der Waals surface area contributed by atoms with Crippen LogP contribution in [0.5, 0.6) is 0 Å². The number of rotatable bonds is 6. The van der Waals surface area contributed by atoms with Crippen LogP contribution in [0, 0.1) is 0 Å². The summed E-state index contributed by atoms with van der Waals surface area (Å²) in [6.45, 7) is 1.65. The van der Waals surface area contributed by atoms with Gasteiger partial charge in [-0.25, -0.2) is 4.98 Å². The molecule has 2 aromatic rings. The second-order valence-electron chi connectivity index (χ2n) is 5.60. The maximum Gasteiger partial charge on any atom is 0.271 e. The van der Waals surface area contributed by atoms with Gasteiger partial charge in [0.15, 0.2) is 0 Å². The number of hydrogen-bond acceptors (Lipinski definition) is 5. The van der Waals surface area contributed by atoms with Gasteiger partial charge in [0, 0.05) is 30.6 Å². The van der Waals surface area contributed by atoms with E-state index in [1.807, 2.05) is 12.1 Å². The topological polar surface area (TPSA) is 80.3 Å². The Labute approximate surface area is 144 Å². The van der Waals surface area contributed by atoms with E-state index in [9.17, 15) is 9.59 Å². The fraction of sp³-hybridized carbons (Fsp3) is 0.353. The third-order valence-electron chi connectivity index (χ3n) is 3.82. The Bertz CT molecular complexity index is 697. The summed E-state index contributed by atoms with van der Waals surface area (Å²) in [4.78, 5) is 28.1. The number of carbonyl (C=O) groups is 2. The summed E-state index contributed by atoms with van der Waals surface area (Å²) in [7, 11) is 0. The minimum absolute atomic E-state index is 0.120. The van der Waals surface area contributed by atoms with Crippen LogP contribution in [0.2, 0.25) is 0 Å². The van der Waals surface area contributed by atoms with Crippen LogP contribution >= 0.6 is 11.3 Å². The molecule has 1 unspecified atom stereocenters. The van der Waals surface area contributed by atoms with Gasteiger partial charge in [-0.05, 0) is 30.5 Å². The quantitative estimate of drug-likeness (QED) is 0.839. The lowest BCUT2D eigenvalue weighted by atomic mass is 10.1. The Morgan fingerprint density at radius 2 is 2.21 bits per heavy atom. The number of benzene rings is 1. The molecule has 2 amide bonds. The SMILES string of the molecule is O=C(NCC1CCCO1)c1cccc(CNC(=O)c2cscn2)c1. The van der Waals surface area contributed by atoms with Crippen LogP contribution in [-0.4, -0.2) is 36.1 Å². The molecule has 7 heteroatoms. The molecule has 1 atom stereocenters. The maximum absolute atomic E-state index is 12.2. The van der Waals surface area contributed by atoms with Crippen LogP contribution in [0.4, 0.5) is 0 Å². The van der Waals surface area contributed by atoms with Crippen LogP contribution in [-0.2, 0) is 11.3 Å². The van der Waals surface area contributed by atoms with Crippen molar-refractivity contribution in [2.24, 2.45) is 0 Å². The van der Waals surface area contributed by atoms with Gasteiger partial charge in [-0.15, -0.1) is 11.3 Å². The summed E-state index contributed by atoms with van der Waals surface area (Å²) in [5.74, 6) is -0.345. The first-order valence-corrected chi connectivity index (χ1v) is 8.82. The van der Waals surface area contributed by atoms with E-state index >= 15 is 0 Å². The van der Waals surface area contributed by atoms with Crippen molar-refractivity contribution in [3.05, 3.63) is 52.0 Å². The van der Waals surface area contributed by atoms with Crippen molar-refractivity contribution in [2.45, 2.75) is 25.5 Å². The zero-order chi connectivity index (χ0) is 16.8. The van der Waals surface area contributed by atoms with Gasteiger partial charge in [-0.1, -0.05) is 12.1 Å². The second-order valence-corrected chi connectivity index (χ2v) is 6.32.